The molecule has 0 aromatic rings. The molecule has 8 nitrogen and oxygen atoms in total. The van der Waals surface area contributed by atoms with E-state index in [1.807, 2.05) is 0 Å². The number of aliphatic hydroxyl groups excluding tert-OH is 1. The normalized spacial score (nSPS) is 14.7. The largest absolute Gasteiger partial charge is 0.756 e. The van der Waals surface area contributed by atoms with E-state index in [-0.39, 0.29) is 26.0 Å². The highest BCUT2D eigenvalue weighted by molar-refractivity contribution is 7.44. The Morgan fingerprint density at radius 1 is 1.47 bits per heavy atom. The average molecular weight is 242 g/mol. The minimum atomic E-state index is -4.69. The van der Waals surface area contributed by atoms with Crippen LogP contribution in [0.2, 0.25) is 0 Å². The van der Waals surface area contributed by atoms with Crippen molar-refractivity contribution in [2.45, 2.75) is 12.8 Å². The maximum atomic E-state index is 10.6. The molecular weight excluding hydrogens is 229 g/mol. The molecule has 0 bridgehead atoms. The van der Waals surface area contributed by atoms with Crippen molar-refractivity contribution < 1.29 is 34.0 Å². The lowest BCUT2D eigenvalue weighted by Crippen LogP contribution is -2.30. The van der Waals surface area contributed by atoms with Gasteiger partial charge in [0.1, 0.15) is 6.61 Å². The molecule has 0 fully saturated rings. The van der Waals surface area contributed by atoms with Crippen LogP contribution in [0, 0.1) is 0 Å². The van der Waals surface area contributed by atoms with Crippen LogP contribution in [0.25, 0.3) is 0 Å². The highest BCUT2D eigenvalue weighted by atomic mass is 31.2. The van der Waals surface area contributed by atoms with Gasteiger partial charge in [0.25, 0.3) is 13.7 Å². The smallest absolute Gasteiger partial charge is 0.271 e. The molecule has 0 aliphatic heterocycles. The summed E-state index contributed by atoms with van der Waals surface area (Å²) in [5, 5.41) is 17.6. The Morgan fingerprint density at radius 3 is 2.53 bits per heavy atom. The van der Waals surface area contributed by atoms with E-state index in [0.29, 0.717) is 5.06 Å². The van der Waals surface area contributed by atoms with Crippen LogP contribution in [0.3, 0.4) is 0 Å². The van der Waals surface area contributed by atoms with Crippen molar-refractivity contribution in [2.75, 3.05) is 19.8 Å². The second-order valence-corrected chi connectivity index (χ2v) is 3.88. The van der Waals surface area contributed by atoms with Gasteiger partial charge in [-0.15, -0.1) is 0 Å². The van der Waals surface area contributed by atoms with E-state index in [2.05, 4.69) is 4.52 Å². The zero-order valence-electron chi connectivity index (χ0n) is 7.90. The molecule has 0 spiro atoms. The molecule has 9 heteroatoms. The summed E-state index contributed by atoms with van der Waals surface area (Å²) < 4.78 is 14.1. The summed E-state index contributed by atoms with van der Waals surface area (Å²) in [5.41, 5.74) is 0. The van der Waals surface area contributed by atoms with E-state index >= 15 is 0 Å². The lowest BCUT2D eigenvalue weighted by Gasteiger charge is -2.16. The summed E-state index contributed by atoms with van der Waals surface area (Å²) >= 11 is 0. The van der Waals surface area contributed by atoms with Gasteiger partial charge in [-0.05, 0) is 12.8 Å². The van der Waals surface area contributed by atoms with Crippen molar-refractivity contribution in [3.05, 3.63) is 0 Å². The SMILES string of the molecule is O=C(CO)N(O)CCCCOP(=O)([O-])O. The van der Waals surface area contributed by atoms with E-state index in [4.69, 9.17) is 15.2 Å². The van der Waals surface area contributed by atoms with Crippen LogP contribution < -0.4 is 4.89 Å². The molecule has 0 aromatic carbocycles. The summed E-state index contributed by atoms with van der Waals surface area (Å²) in [5.74, 6) is -0.840. The van der Waals surface area contributed by atoms with Gasteiger partial charge in [0.15, 0.2) is 0 Å². The molecule has 0 aliphatic carbocycles. The van der Waals surface area contributed by atoms with E-state index in [1.165, 1.54) is 0 Å². The Morgan fingerprint density at radius 2 is 2.07 bits per heavy atom. The first-order valence-electron chi connectivity index (χ1n) is 4.15. The number of nitrogens with zero attached hydrogens (tertiary/aromatic N) is 1. The van der Waals surface area contributed by atoms with Crippen LogP contribution in [0.15, 0.2) is 0 Å². The van der Waals surface area contributed by atoms with Gasteiger partial charge < -0.3 is 19.4 Å². The van der Waals surface area contributed by atoms with Gasteiger partial charge in [0.2, 0.25) is 0 Å². The summed E-state index contributed by atoms with van der Waals surface area (Å²) in [7, 11) is -4.69. The second kappa shape index (κ2) is 6.89. The second-order valence-electron chi connectivity index (χ2n) is 2.68. The molecule has 0 aromatic heterocycles. The van der Waals surface area contributed by atoms with E-state index in [0.717, 1.165) is 0 Å². The predicted octanol–water partition coefficient (Wildman–Crippen LogP) is -1.55. The third-order valence-corrected chi connectivity index (χ3v) is 1.95. The Hall–Kier alpha value is -0.500. The molecule has 0 aliphatic rings. The third-order valence-electron chi connectivity index (χ3n) is 1.44. The highest BCUT2D eigenvalue weighted by Gasteiger charge is 2.08. The molecule has 15 heavy (non-hydrogen) atoms. The summed E-state index contributed by atoms with van der Waals surface area (Å²) in [4.78, 5) is 28.9. The first-order valence-corrected chi connectivity index (χ1v) is 5.65. The maximum Gasteiger partial charge on any atom is 0.271 e. The molecule has 0 heterocycles. The standard InChI is InChI=1S/C6H14NO7P/c8-5-6(9)7(10)3-1-2-4-14-15(11,12)13/h8,10H,1-5H2,(H2,11,12,13)/p-1. The van der Waals surface area contributed by atoms with Gasteiger partial charge >= 0.3 is 0 Å². The number of carbonyl (C=O) groups is 1. The van der Waals surface area contributed by atoms with E-state index in [1.54, 1.807) is 0 Å². The highest BCUT2D eigenvalue weighted by Crippen LogP contribution is 2.30. The van der Waals surface area contributed by atoms with Crippen molar-refractivity contribution in [2.24, 2.45) is 0 Å². The number of carbonyl (C=O) groups excluding carboxylic acids is 1. The summed E-state index contributed by atoms with van der Waals surface area (Å²) in [6.07, 6.45) is 0.519. The lowest BCUT2D eigenvalue weighted by atomic mass is 10.3. The molecule has 1 amide bonds. The van der Waals surface area contributed by atoms with Crippen LogP contribution in [0.1, 0.15) is 12.8 Å². The van der Waals surface area contributed by atoms with Crippen molar-refractivity contribution in [1.29, 1.82) is 0 Å². The Bertz CT molecular complexity index is 240. The van der Waals surface area contributed by atoms with E-state index < -0.39 is 20.3 Å². The number of amides is 1. The number of hydrogen-bond donors (Lipinski definition) is 3. The first kappa shape index (κ1) is 14.5. The minimum absolute atomic E-state index is 0.0443. The topological polar surface area (TPSA) is 130 Å². The zero-order valence-corrected chi connectivity index (χ0v) is 8.80. The fraction of sp³-hybridized carbons (Fsp3) is 0.833. The first-order chi connectivity index (χ1) is 6.87. The Labute approximate surface area is 86.3 Å². The third kappa shape index (κ3) is 8.49. The molecule has 0 saturated carbocycles. The minimum Gasteiger partial charge on any atom is -0.756 e. The summed E-state index contributed by atoms with van der Waals surface area (Å²) in [6.45, 7) is -1.06. The predicted molar refractivity (Wildman–Crippen MR) is 45.6 cm³/mol. The van der Waals surface area contributed by atoms with Crippen molar-refractivity contribution in [3.63, 3.8) is 0 Å². The fourth-order valence-corrected chi connectivity index (χ4v) is 1.11. The monoisotopic (exact) mass is 242 g/mol. The van der Waals surface area contributed by atoms with E-state index in [9.17, 15) is 14.3 Å². The van der Waals surface area contributed by atoms with Gasteiger partial charge in [-0.3, -0.25) is 14.6 Å². The van der Waals surface area contributed by atoms with Crippen LogP contribution in [-0.4, -0.2) is 45.9 Å². The van der Waals surface area contributed by atoms with Gasteiger partial charge in [-0.1, -0.05) is 0 Å². The van der Waals surface area contributed by atoms with Crippen LogP contribution in [0.4, 0.5) is 0 Å². The maximum absolute atomic E-state index is 10.6. The molecule has 0 saturated heterocycles. The van der Waals surface area contributed by atoms with Gasteiger partial charge in [-0.25, -0.2) is 5.06 Å². The van der Waals surface area contributed by atoms with Crippen molar-refractivity contribution >= 4 is 13.7 Å². The van der Waals surface area contributed by atoms with Crippen LogP contribution in [-0.2, 0) is 13.9 Å². The molecule has 1 atom stereocenters. The zero-order chi connectivity index (χ0) is 11.9. The lowest BCUT2D eigenvalue weighted by molar-refractivity contribution is -0.220. The number of rotatable bonds is 7. The molecular formula is C6H13NO7P-. The summed E-state index contributed by atoms with van der Waals surface area (Å²) in [6, 6.07) is 0. The number of hydrogen-bond acceptors (Lipinski definition) is 6. The number of hydroxylamine groups is 2. The Kier molecular flexibility index (Phi) is 6.66. The molecule has 0 rings (SSSR count). The molecule has 0 radical (unpaired) electrons. The fourth-order valence-electron chi connectivity index (χ4n) is 0.750. The Balaban J connectivity index is 3.47. The number of phosphoric acid groups is 1. The number of phosphoric ester groups is 1. The number of unbranched alkanes of at least 4 members (excludes halogenated alkanes) is 1. The van der Waals surface area contributed by atoms with Gasteiger partial charge in [0, 0.05) is 6.54 Å². The van der Waals surface area contributed by atoms with Crippen molar-refractivity contribution in [3.8, 4) is 0 Å². The molecule has 90 valence electrons. The van der Waals surface area contributed by atoms with Crippen LogP contribution >= 0.6 is 7.82 Å². The van der Waals surface area contributed by atoms with Gasteiger partial charge in [-0.2, -0.15) is 0 Å². The van der Waals surface area contributed by atoms with Crippen LogP contribution in [0.5, 0.6) is 0 Å². The average Bonchev–Trinajstić information content (AvgIpc) is 2.14. The van der Waals surface area contributed by atoms with Gasteiger partial charge in [0.05, 0.1) is 6.61 Å². The number of aliphatic hydroxyl groups is 1. The molecule has 3 N–H and O–H groups in total. The molecule has 1 unspecified atom stereocenters. The quantitative estimate of drug-likeness (QED) is 0.213. The van der Waals surface area contributed by atoms with Crippen molar-refractivity contribution in [1.82, 2.24) is 5.06 Å².